The number of nitrogen functional groups attached to an aromatic ring is 1. The van der Waals surface area contributed by atoms with Crippen molar-refractivity contribution in [1.29, 1.82) is 10.5 Å². The molecule has 0 saturated carbocycles. The summed E-state index contributed by atoms with van der Waals surface area (Å²) in [4.78, 5) is 27.5. The van der Waals surface area contributed by atoms with Crippen LogP contribution in [0.15, 0.2) is 44.6 Å². The maximum atomic E-state index is 12.6. The number of aromatic amines is 1. The molecule has 2 heterocycles. The number of fused-ring (bicyclic) bond motifs is 1. The van der Waals surface area contributed by atoms with Gasteiger partial charge in [-0.1, -0.05) is 36.9 Å². The van der Waals surface area contributed by atoms with E-state index in [1.165, 1.54) is 6.07 Å². The van der Waals surface area contributed by atoms with Crippen LogP contribution in [0.25, 0.3) is 11.0 Å². The number of hydrogen-bond donors (Lipinski definition) is 1. The highest BCUT2D eigenvalue weighted by atomic mass is 32.2. The molecule has 8 heteroatoms. The summed E-state index contributed by atoms with van der Waals surface area (Å²) in [6.07, 6.45) is 0.445. The molecule has 0 bridgehead atoms. The van der Waals surface area contributed by atoms with Gasteiger partial charge in [-0.2, -0.15) is 10.5 Å². The molecule has 138 valence electrons. The monoisotopic (exact) mass is 391 g/mol. The molecule has 0 atom stereocenters. The van der Waals surface area contributed by atoms with E-state index in [1.807, 2.05) is 13.0 Å². The Hall–Kier alpha value is -3.62. The van der Waals surface area contributed by atoms with E-state index in [1.54, 1.807) is 24.3 Å². The van der Waals surface area contributed by atoms with Gasteiger partial charge < -0.3 is 4.42 Å². The summed E-state index contributed by atoms with van der Waals surface area (Å²) in [7, 11) is 0. The minimum Gasteiger partial charge on any atom is -0.422 e. The van der Waals surface area contributed by atoms with Crippen LogP contribution in [0.1, 0.15) is 34.0 Å². The highest BCUT2D eigenvalue weighted by Gasteiger charge is 2.23. The molecule has 0 radical (unpaired) electrons. The van der Waals surface area contributed by atoms with Crippen LogP contribution in [0.5, 0.6) is 0 Å². The molecule has 0 aliphatic heterocycles. The van der Waals surface area contributed by atoms with Gasteiger partial charge in [0, 0.05) is 10.9 Å². The minimum atomic E-state index is -0.706. The summed E-state index contributed by atoms with van der Waals surface area (Å²) in [6.45, 7) is 1.82. The molecule has 3 aromatic rings. The normalized spacial score (nSPS) is 10.4. The van der Waals surface area contributed by atoms with Gasteiger partial charge in [0.25, 0.3) is 5.82 Å². The molecule has 2 aromatic heterocycles. The lowest BCUT2D eigenvalue weighted by atomic mass is 10.0. The molecule has 0 amide bonds. The van der Waals surface area contributed by atoms with Crippen molar-refractivity contribution in [3.63, 3.8) is 0 Å². The number of pyridine rings is 1. The molecule has 0 saturated heterocycles. The first-order chi connectivity index (χ1) is 13.5. The van der Waals surface area contributed by atoms with E-state index in [9.17, 15) is 20.1 Å². The molecule has 1 aromatic carbocycles. The number of nitrogens with two attached hydrogens (primary N) is 1. The number of thioether (sulfide) groups is 1. The standard InChI is InChI=1S/C20H14N4O3S/c1-2-12-14(8-21)18(23)24-19(15(12)9-22)28-10-16(25)13-7-11-5-3-4-6-17(11)27-20(13)26/h3-7H,2,10H2,1H3,(H2,23,24)/p+1. The maximum absolute atomic E-state index is 12.6. The number of para-hydroxylation sites is 1. The minimum absolute atomic E-state index is 0.0537. The Labute approximate surface area is 164 Å². The second-order valence-corrected chi connectivity index (χ2v) is 6.86. The highest BCUT2D eigenvalue weighted by Crippen LogP contribution is 2.26. The quantitative estimate of drug-likeness (QED) is 0.401. The van der Waals surface area contributed by atoms with Crippen LogP contribution in [0.4, 0.5) is 5.82 Å². The van der Waals surface area contributed by atoms with E-state index in [-0.39, 0.29) is 28.3 Å². The number of carbonyl (C=O) groups is 1. The summed E-state index contributed by atoms with van der Waals surface area (Å²) in [5, 5.41) is 19.8. The van der Waals surface area contributed by atoms with E-state index in [4.69, 9.17) is 10.2 Å². The van der Waals surface area contributed by atoms with Crippen molar-refractivity contribution in [1.82, 2.24) is 0 Å². The van der Waals surface area contributed by atoms with E-state index in [2.05, 4.69) is 11.1 Å². The van der Waals surface area contributed by atoms with Crippen molar-refractivity contribution in [2.24, 2.45) is 0 Å². The summed E-state index contributed by atoms with van der Waals surface area (Å²) in [6, 6.07) is 12.5. The fourth-order valence-electron chi connectivity index (χ4n) is 2.85. The van der Waals surface area contributed by atoms with Crippen molar-refractivity contribution >= 4 is 34.3 Å². The van der Waals surface area contributed by atoms with Crippen LogP contribution < -0.4 is 16.3 Å². The number of carbonyl (C=O) groups excluding carboxylic acids is 1. The van der Waals surface area contributed by atoms with Crippen molar-refractivity contribution < 1.29 is 14.2 Å². The van der Waals surface area contributed by atoms with E-state index >= 15 is 0 Å². The third kappa shape index (κ3) is 3.46. The molecule has 0 fully saturated rings. The number of benzene rings is 1. The lowest BCUT2D eigenvalue weighted by Crippen LogP contribution is -2.21. The molecule has 0 aliphatic carbocycles. The molecule has 0 unspecified atom stereocenters. The van der Waals surface area contributed by atoms with Gasteiger partial charge in [0.1, 0.15) is 34.4 Å². The average Bonchev–Trinajstić information content (AvgIpc) is 2.70. The lowest BCUT2D eigenvalue weighted by molar-refractivity contribution is -0.410. The van der Waals surface area contributed by atoms with Crippen LogP contribution in [-0.4, -0.2) is 11.5 Å². The summed E-state index contributed by atoms with van der Waals surface area (Å²) < 4.78 is 5.19. The van der Waals surface area contributed by atoms with Gasteiger partial charge >= 0.3 is 5.63 Å². The smallest absolute Gasteiger partial charge is 0.347 e. The van der Waals surface area contributed by atoms with Crippen molar-refractivity contribution in [3.8, 4) is 12.1 Å². The number of ketones is 1. The van der Waals surface area contributed by atoms with Crippen LogP contribution in [-0.2, 0) is 6.42 Å². The summed E-state index contributed by atoms with van der Waals surface area (Å²) in [5.41, 5.74) is 6.56. The fraction of sp³-hybridized carbons (Fsp3) is 0.150. The zero-order valence-corrected chi connectivity index (χ0v) is 15.7. The Balaban J connectivity index is 1.93. The zero-order chi connectivity index (χ0) is 20.3. The molecular formula is C20H15N4O3S+. The molecule has 0 aliphatic rings. The number of Topliss-reactive ketones (excluding diaryl/α,β-unsaturated/α-hetero) is 1. The van der Waals surface area contributed by atoms with Gasteiger partial charge in [0.15, 0.2) is 10.8 Å². The predicted molar refractivity (Wildman–Crippen MR) is 104 cm³/mol. The third-order valence-electron chi connectivity index (χ3n) is 4.21. The van der Waals surface area contributed by atoms with Gasteiger partial charge in [0.2, 0.25) is 0 Å². The molecular weight excluding hydrogens is 376 g/mol. The predicted octanol–water partition coefficient (Wildman–Crippen LogP) is 2.47. The summed E-state index contributed by atoms with van der Waals surface area (Å²) >= 11 is 1.05. The molecule has 3 rings (SSSR count). The molecule has 3 N–H and O–H groups in total. The summed E-state index contributed by atoms with van der Waals surface area (Å²) in [5.74, 6) is -0.385. The average molecular weight is 391 g/mol. The first kappa shape index (κ1) is 19.2. The van der Waals surface area contributed by atoms with E-state index in [0.29, 0.717) is 28.0 Å². The van der Waals surface area contributed by atoms with Crippen LogP contribution in [0.2, 0.25) is 0 Å². The molecule has 7 nitrogen and oxygen atoms in total. The zero-order valence-electron chi connectivity index (χ0n) is 14.9. The Bertz CT molecular complexity index is 1240. The number of nitrogens with one attached hydrogen (secondary N) is 1. The SMILES string of the molecule is CCc1c(C#N)c(N)[nH+]c(SCC(=O)c2cc3ccccc3oc2=O)c1C#N. The number of nitrogens with zero attached hydrogens (tertiary/aromatic N) is 2. The number of H-pyrrole nitrogens is 1. The van der Waals surface area contributed by atoms with Gasteiger partial charge in [-0.3, -0.25) is 10.5 Å². The van der Waals surface area contributed by atoms with Gasteiger partial charge in [0.05, 0.1) is 5.75 Å². The van der Waals surface area contributed by atoms with Gasteiger partial charge in [-0.05, 0) is 18.6 Å². The number of anilines is 1. The first-order valence-corrected chi connectivity index (χ1v) is 9.35. The van der Waals surface area contributed by atoms with Crippen LogP contribution in [0, 0.1) is 22.7 Å². The molecule has 28 heavy (non-hydrogen) atoms. The van der Waals surface area contributed by atoms with Crippen LogP contribution in [0.3, 0.4) is 0 Å². The Kier molecular flexibility index (Phi) is 5.44. The number of nitriles is 2. The van der Waals surface area contributed by atoms with Gasteiger partial charge in [-0.15, -0.1) is 0 Å². The second-order valence-electron chi connectivity index (χ2n) is 5.87. The lowest BCUT2D eigenvalue weighted by Gasteiger charge is -2.07. The Morgan fingerprint density at radius 3 is 2.64 bits per heavy atom. The third-order valence-corrected chi connectivity index (χ3v) is 5.22. The van der Waals surface area contributed by atoms with Crippen molar-refractivity contribution in [3.05, 3.63) is 63.0 Å². The fourth-order valence-corrected chi connectivity index (χ4v) is 3.78. The van der Waals surface area contributed by atoms with Crippen molar-refractivity contribution in [2.45, 2.75) is 18.4 Å². The van der Waals surface area contributed by atoms with Crippen LogP contribution >= 0.6 is 11.8 Å². The Morgan fingerprint density at radius 2 is 1.96 bits per heavy atom. The van der Waals surface area contributed by atoms with E-state index < -0.39 is 11.4 Å². The topological polar surface area (TPSA) is 135 Å². The van der Waals surface area contributed by atoms with Crippen molar-refractivity contribution in [2.75, 3.05) is 11.5 Å². The number of aromatic nitrogens is 1. The largest absolute Gasteiger partial charge is 0.422 e. The number of rotatable bonds is 5. The first-order valence-electron chi connectivity index (χ1n) is 8.36. The number of hydrogen-bond acceptors (Lipinski definition) is 7. The second kappa shape index (κ2) is 7.95. The molecule has 0 spiro atoms. The van der Waals surface area contributed by atoms with E-state index in [0.717, 1.165) is 11.8 Å². The maximum Gasteiger partial charge on any atom is 0.347 e. The highest BCUT2D eigenvalue weighted by molar-refractivity contribution is 7.99. The van der Waals surface area contributed by atoms with Gasteiger partial charge in [-0.25, -0.2) is 9.78 Å². The Morgan fingerprint density at radius 1 is 1.25 bits per heavy atom.